The molecule has 1 spiro atoms. The zero-order chi connectivity index (χ0) is 26.4. The summed E-state index contributed by atoms with van der Waals surface area (Å²) in [5, 5.41) is 8.75. The predicted octanol–water partition coefficient (Wildman–Crippen LogP) is 4.43. The van der Waals surface area contributed by atoms with Gasteiger partial charge in [0.1, 0.15) is 11.2 Å². The van der Waals surface area contributed by atoms with Gasteiger partial charge >= 0.3 is 6.09 Å². The monoisotopic (exact) mass is 507 g/mol. The number of anilines is 1. The molecule has 2 fully saturated rings. The number of aromatic amines is 1. The van der Waals surface area contributed by atoms with Crippen molar-refractivity contribution in [2.24, 2.45) is 18.2 Å². The molecule has 10 nitrogen and oxygen atoms in total. The number of piperidine rings is 1. The maximum absolute atomic E-state index is 12.5. The van der Waals surface area contributed by atoms with Crippen LogP contribution >= 0.6 is 0 Å². The number of fused-ring (bicyclic) bond motifs is 1. The molecule has 3 aromatic heterocycles. The molecule has 37 heavy (non-hydrogen) atoms. The fourth-order valence-electron chi connectivity index (χ4n) is 5.70. The van der Waals surface area contributed by atoms with Crippen molar-refractivity contribution in [3.63, 3.8) is 0 Å². The van der Waals surface area contributed by atoms with Crippen molar-refractivity contribution in [2.75, 3.05) is 18.4 Å². The fraction of sp³-hybridized carbons (Fsp3) is 0.556. The van der Waals surface area contributed by atoms with Crippen LogP contribution in [0.2, 0.25) is 0 Å². The van der Waals surface area contributed by atoms with Crippen molar-refractivity contribution in [1.82, 2.24) is 24.6 Å². The summed E-state index contributed by atoms with van der Waals surface area (Å²) in [5.41, 5.74) is 9.20. The molecule has 10 heteroatoms. The summed E-state index contributed by atoms with van der Waals surface area (Å²) >= 11 is 0. The number of nitrogens with two attached hydrogens (primary N) is 1. The molecule has 0 radical (unpaired) electrons. The number of carbonyl (C=O) groups is 2. The first kappa shape index (κ1) is 25.1. The fourth-order valence-corrected chi connectivity index (χ4v) is 5.70. The summed E-state index contributed by atoms with van der Waals surface area (Å²) in [5.74, 6) is -0.497. The molecule has 3 aromatic rings. The number of carbonyl (C=O) groups excluding carboxylic acids is 2. The number of nitrogens with zero attached hydrogens (tertiary/aromatic N) is 4. The second-order valence-electron chi connectivity index (χ2n) is 11.6. The van der Waals surface area contributed by atoms with Crippen molar-refractivity contribution in [3.05, 3.63) is 30.2 Å². The van der Waals surface area contributed by atoms with E-state index in [1.54, 1.807) is 17.1 Å². The average molecular weight is 508 g/mol. The molecule has 1 aliphatic carbocycles. The summed E-state index contributed by atoms with van der Waals surface area (Å²) < 4.78 is 7.31. The Morgan fingerprint density at radius 1 is 1.16 bits per heavy atom. The van der Waals surface area contributed by atoms with E-state index in [0.717, 1.165) is 73.9 Å². The quantitative estimate of drug-likeness (QED) is 0.479. The van der Waals surface area contributed by atoms with Crippen LogP contribution in [-0.4, -0.2) is 61.4 Å². The van der Waals surface area contributed by atoms with E-state index in [1.165, 1.54) is 0 Å². The Balaban J connectivity index is 1.28. The third kappa shape index (κ3) is 5.28. The van der Waals surface area contributed by atoms with E-state index in [1.807, 2.05) is 45.0 Å². The van der Waals surface area contributed by atoms with Gasteiger partial charge in [-0.05, 0) is 70.8 Å². The molecule has 0 atom stereocenters. The van der Waals surface area contributed by atoms with E-state index < -0.39 is 11.5 Å². The predicted molar refractivity (Wildman–Crippen MR) is 142 cm³/mol. The lowest BCUT2D eigenvalue weighted by molar-refractivity contribution is 0.00393. The zero-order valence-electron chi connectivity index (χ0n) is 22.1. The van der Waals surface area contributed by atoms with Crippen LogP contribution in [0, 0.1) is 5.41 Å². The van der Waals surface area contributed by atoms with Gasteiger partial charge in [-0.3, -0.25) is 9.48 Å². The SMILES string of the molecule is Cn1cc(-c2cc3c(NC4CCC5(CC4)CCN(C(=O)OC(C)(C)C)CC5)c(C(N)=O)cnc3[nH]2)cn1. The van der Waals surface area contributed by atoms with Crippen molar-refractivity contribution < 1.29 is 14.3 Å². The highest BCUT2D eigenvalue weighted by atomic mass is 16.6. The average Bonchev–Trinajstić information content (AvgIpc) is 3.46. The molecule has 0 unspecified atom stereocenters. The minimum atomic E-state index is -0.497. The van der Waals surface area contributed by atoms with Gasteiger partial charge in [0, 0.05) is 49.5 Å². The third-order valence-corrected chi connectivity index (χ3v) is 7.81. The third-order valence-electron chi connectivity index (χ3n) is 7.81. The van der Waals surface area contributed by atoms with E-state index in [4.69, 9.17) is 10.5 Å². The minimum Gasteiger partial charge on any atom is -0.444 e. The van der Waals surface area contributed by atoms with Gasteiger partial charge in [-0.1, -0.05) is 0 Å². The van der Waals surface area contributed by atoms with Crippen molar-refractivity contribution in [1.29, 1.82) is 0 Å². The van der Waals surface area contributed by atoms with E-state index in [2.05, 4.69) is 20.4 Å². The molecule has 1 saturated carbocycles. The number of hydrogen-bond donors (Lipinski definition) is 3. The van der Waals surface area contributed by atoms with Crippen LogP contribution in [-0.2, 0) is 11.8 Å². The number of ether oxygens (including phenoxy) is 1. The lowest BCUT2D eigenvalue weighted by atomic mass is 9.67. The number of rotatable bonds is 4. The van der Waals surface area contributed by atoms with Gasteiger partial charge in [-0.15, -0.1) is 0 Å². The number of nitrogens with one attached hydrogen (secondary N) is 2. The summed E-state index contributed by atoms with van der Waals surface area (Å²) in [6, 6.07) is 2.24. The second kappa shape index (κ2) is 9.39. The highest BCUT2D eigenvalue weighted by Gasteiger charge is 2.40. The molecule has 2 aliphatic rings. The summed E-state index contributed by atoms with van der Waals surface area (Å²) in [6.07, 6.45) is 11.2. The minimum absolute atomic E-state index is 0.212. The second-order valence-corrected chi connectivity index (χ2v) is 11.6. The van der Waals surface area contributed by atoms with Crippen LogP contribution in [0.5, 0.6) is 0 Å². The number of H-pyrrole nitrogens is 1. The van der Waals surface area contributed by atoms with Gasteiger partial charge < -0.3 is 25.7 Å². The van der Waals surface area contributed by atoms with Gasteiger partial charge in [0.05, 0.1) is 23.1 Å². The Morgan fingerprint density at radius 3 is 2.46 bits per heavy atom. The number of aromatic nitrogens is 4. The van der Waals surface area contributed by atoms with Crippen molar-refractivity contribution >= 4 is 28.7 Å². The van der Waals surface area contributed by atoms with Crippen LogP contribution < -0.4 is 11.1 Å². The summed E-state index contributed by atoms with van der Waals surface area (Å²) in [7, 11) is 1.87. The first-order chi connectivity index (χ1) is 17.5. The van der Waals surface area contributed by atoms with Gasteiger partial charge in [0.2, 0.25) is 0 Å². The maximum Gasteiger partial charge on any atom is 0.410 e. The van der Waals surface area contributed by atoms with Crippen molar-refractivity contribution in [3.8, 4) is 11.3 Å². The normalized spacial score (nSPS) is 18.3. The molecule has 4 N–H and O–H groups in total. The molecule has 5 rings (SSSR count). The number of amides is 2. The van der Waals surface area contributed by atoms with Gasteiger partial charge in [0.25, 0.3) is 5.91 Å². The number of pyridine rings is 1. The van der Waals surface area contributed by atoms with Crippen LogP contribution in [0.25, 0.3) is 22.3 Å². The first-order valence-corrected chi connectivity index (χ1v) is 13.1. The molecular formula is C27H37N7O3. The topological polar surface area (TPSA) is 131 Å². The Morgan fingerprint density at radius 2 is 1.86 bits per heavy atom. The molecular weight excluding hydrogens is 470 g/mol. The molecule has 1 saturated heterocycles. The molecule has 2 amide bonds. The molecule has 4 heterocycles. The molecule has 198 valence electrons. The van der Waals surface area contributed by atoms with Crippen LogP contribution in [0.1, 0.15) is 69.7 Å². The number of primary amides is 1. The Labute approximate surface area is 216 Å². The van der Waals surface area contributed by atoms with Crippen molar-refractivity contribution in [2.45, 2.75) is 70.9 Å². The zero-order valence-corrected chi connectivity index (χ0v) is 22.1. The number of hydrogen-bond acceptors (Lipinski definition) is 6. The van der Waals surface area contributed by atoms with Crippen LogP contribution in [0.4, 0.5) is 10.5 Å². The molecule has 0 bridgehead atoms. The van der Waals surface area contributed by atoms with Gasteiger partial charge in [0.15, 0.2) is 0 Å². The first-order valence-electron chi connectivity index (χ1n) is 13.1. The van der Waals surface area contributed by atoms with Crippen LogP contribution in [0.3, 0.4) is 0 Å². The van der Waals surface area contributed by atoms with E-state index in [0.29, 0.717) is 11.2 Å². The summed E-state index contributed by atoms with van der Waals surface area (Å²) in [6.45, 7) is 7.18. The van der Waals surface area contributed by atoms with Gasteiger partial charge in [-0.25, -0.2) is 9.78 Å². The Hall–Kier alpha value is -3.56. The number of aryl methyl sites for hydroxylation is 1. The highest BCUT2D eigenvalue weighted by Crippen LogP contribution is 2.45. The van der Waals surface area contributed by atoms with Crippen LogP contribution in [0.15, 0.2) is 24.7 Å². The largest absolute Gasteiger partial charge is 0.444 e. The lowest BCUT2D eigenvalue weighted by Gasteiger charge is -2.46. The molecule has 1 aliphatic heterocycles. The molecule has 0 aromatic carbocycles. The summed E-state index contributed by atoms with van der Waals surface area (Å²) in [4.78, 5) is 34.4. The Kier molecular flexibility index (Phi) is 6.37. The standard InChI is InChI=1S/C27H37N7O3/c1-26(2,3)37-25(36)34-11-9-27(10-12-34)7-5-18(6-8-27)31-22-19-13-21(17-14-30-33(4)16-17)32-24(19)29-15-20(22)23(28)35/h13-16,18H,5-12H2,1-4H3,(H2,28,35)(H2,29,31,32). The smallest absolute Gasteiger partial charge is 0.410 e. The van der Waals surface area contributed by atoms with E-state index in [-0.39, 0.29) is 17.6 Å². The number of likely N-dealkylation sites (tertiary alicyclic amines) is 1. The maximum atomic E-state index is 12.5. The van der Waals surface area contributed by atoms with E-state index >= 15 is 0 Å². The highest BCUT2D eigenvalue weighted by molar-refractivity contribution is 6.07. The lowest BCUT2D eigenvalue weighted by Crippen LogP contribution is -2.47. The Bertz CT molecular complexity index is 1300. The van der Waals surface area contributed by atoms with Gasteiger partial charge in [-0.2, -0.15) is 5.10 Å². The van der Waals surface area contributed by atoms with E-state index in [9.17, 15) is 9.59 Å².